The van der Waals surface area contributed by atoms with Crippen LogP contribution < -0.4 is 0 Å². The smallest absolute Gasteiger partial charge is 0.0948 e. The van der Waals surface area contributed by atoms with Gasteiger partial charge in [-0.25, -0.2) is 4.98 Å². The zero-order valence-corrected chi connectivity index (χ0v) is 9.21. The van der Waals surface area contributed by atoms with E-state index in [0.29, 0.717) is 5.88 Å². The number of halogens is 1. The number of aromatic nitrogens is 2. The van der Waals surface area contributed by atoms with Gasteiger partial charge in [0.2, 0.25) is 0 Å². The highest BCUT2D eigenvalue weighted by atomic mass is 35.5. The van der Waals surface area contributed by atoms with Crippen LogP contribution in [0.15, 0.2) is 12.5 Å². The van der Waals surface area contributed by atoms with Gasteiger partial charge in [-0.1, -0.05) is 25.7 Å². The number of imidazole rings is 1. The summed E-state index contributed by atoms with van der Waals surface area (Å²) in [6, 6.07) is 0. The second kappa shape index (κ2) is 4.83. The maximum Gasteiger partial charge on any atom is 0.0948 e. The van der Waals surface area contributed by atoms with Crippen LogP contribution in [0.3, 0.4) is 0 Å². The van der Waals surface area contributed by atoms with Crippen LogP contribution in [0.5, 0.6) is 0 Å². The molecule has 0 spiro atoms. The number of nitrogens with zero attached hydrogens (tertiary/aromatic N) is 2. The van der Waals surface area contributed by atoms with E-state index in [1.807, 2.05) is 12.5 Å². The van der Waals surface area contributed by atoms with Crippen molar-refractivity contribution in [1.29, 1.82) is 0 Å². The van der Waals surface area contributed by atoms with E-state index in [4.69, 9.17) is 11.6 Å². The third-order valence-corrected chi connectivity index (χ3v) is 3.46. The van der Waals surface area contributed by atoms with E-state index in [2.05, 4.69) is 9.55 Å². The summed E-state index contributed by atoms with van der Waals surface area (Å²) in [5.74, 6) is 1.52. The van der Waals surface area contributed by atoms with Gasteiger partial charge in [0, 0.05) is 12.7 Å². The Morgan fingerprint density at radius 2 is 2.21 bits per heavy atom. The second-order valence-corrected chi connectivity index (χ2v) is 4.42. The van der Waals surface area contributed by atoms with Gasteiger partial charge in [0.15, 0.2) is 0 Å². The number of aryl methyl sites for hydroxylation is 1. The summed E-state index contributed by atoms with van der Waals surface area (Å²) in [4.78, 5) is 4.12. The molecule has 0 aromatic carbocycles. The van der Waals surface area contributed by atoms with Crippen molar-refractivity contribution in [2.45, 2.75) is 44.5 Å². The average Bonchev–Trinajstić information content (AvgIpc) is 2.85. The van der Waals surface area contributed by atoms with E-state index in [9.17, 15) is 0 Å². The Labute approximate surface area is 90.3 Å². The molecule has 78 valence electrons. The molecule has 1 fully saturated rings. The van der Waals surface area contributed by atoms with Crippen molar-refractivity contribution in [2.24, 2.45) is 5.92 Å². The molecule has 3 heteroatoms. The molecule has 0 unspecified atom stereocenters. The molecule has 1 aromatic rings. The molecule has 0 N–H and O–H groups in total. The van der Waals surface area contributed by atoms with Crippen molar-refractivity contribution in [3.8, 4) is 0 Å². The first-order chi connectivity index (χ1) is 6.90. The molecule has 0 radical (unpaired) electrons. The van der Waals surface area contributed by atoms with Crippen LogP contribution in [0.2, 0.25) is 0 Å². The van der Waals surface area contributed by atoms with Crippen LogP contribution in [-0.4, -0.2) is 9.55 Å². The van der Waals surface area contributed by atoms with Crippen LogP contribution in [0.25, 0.3) is 0 Å². The molecule has 14 heavy (non-hydrogen) atoms. The highest BCUT2D eigenvalue weighted by Crippen LogP contribution is 2.28. The first kappa shape index (κ1) is 10.0. The van der Waals surface area contributed by atoms with Gasteiger partial charge in [-0.05, 0) is 12.3 Å². The lowest BCUT2D eigenvalue weighted by atomic mass is 10.0. The Hall–Kier alpha value is -0.500. The molecule has 0 atom stereocenters. The van der Waals surface area contributed by atoms with Crippen molar-refractivity contribution in [2.75, 3.05) is 0 Å². The maximum atomic E-state index is 5.81. The molecular weight excluding hydrogens is 196 g/mol. The van der Waals surface area contributed by atoms with E-state index < -0.39 is 0 Å². The van der Waals surface area contributed by atoms with Crippen LogP contribution >= 0.6 is 11.6 Å². The average molecular weight is 213 g/mol. The summed E-state index contributed by atoms with van der Waals surface area (Å²) in [7, 11) is 0. The highest BCUT2D eigenvalue weighted by Gasteiger charge is 2.14. The van der Waals surface area contributed by atoms with E-state index in [1.54, 1.807) is 0 Å². The fraction of sp³-hybridized carbons (Fsp3) is 0.727. The Bertz CT molecular complexity index is 277. The molecule has 1 aliphatic rings. The molecule has 0 aliphatic heterocycles. The largest absolute Gasteiger partial charge is 0.333 e. The van der Waals surface area contributed by atoms with E-state index >= 15 is 0 Å². The Morgan fingerprint density at radius 3 is 2.93 bits per heavy atom. The topological polar surface area (TPSA) is 17.8 Å². The summed E-state index contributed by atoms with van der Waals surface area (Å²) in [6.07, 6.45) is 10.7. The summed E-state index contributed by atoms with van der Waals surface area (Å²) < 4.78 is 2.19. The summed E-state index contributed by atoms with van der Waals surface area (Å²) in [5.41, 5.74) is 1.14. The minimum atomic E-state index is 0.574. The fourth-order valence-corrected chi connectivity index (χ4v) is 2.50. The number of alkyl halides is 1. The van der Waals surface area contributed by atoms with E-state index in [0.717, 1.165) is 18.2 Å². The summed E-state index contributed by atoms with van der Waals surface area (Å²) in [6.45, 7) is 1.09. The molecular formula is C11H17ClN2. The first-order valence-electron chi connectivity index (χ1n) is 5.45. The van der Waals surface area contributed by atoms with Crippen molar-refractivity contribution in [1.82, 2.24) is 9.55 Å². The second-order valence-electron chi connectivity index (χ2n) is 4.15. The monoisotopic (exact) mass is 212 g/mol. The van der Waals surface area contributed by atoms with Gasteiger partial charge < -0.3 is 4.57 Å². The third-order valence-electron chi connectivity index (χ3n) is 3.19. The van der Waals surface area contributed by atoms with Gasteiger partial charge in [-0.3, -0.25) is 0 Å². The molecule has 0 amide bonds. The van der Waals surface area contributed by atoms with E-state index in [-0.39, 0.29) is 0 Å². The van der Waals surface area contributed by atoms with Crippen molar-refractivity contribution in [3.05, 3.63) is 18.2 Å². The Kier molecular flexibility index (Phi) is 3.46. The lowest BCUT2D eigenvalue weighted by molar-refractivity contribution is 0.454. The normalized spacial score (nSPS) is 17.8. The quantitative estimate of drug-likeness (QED) is 0.701. The number of rotatable bonds is 4. The molecule has 2 nitrogen and oxygen atoms in total. The first-order valence-corrected chi connectivity index (χ1v) is 5.98. The van der Waals surface area contributed by atoms with Gasteiger partial charge in [0.1, 0.15) is 0 Å². The number of hydrogen-bond donors (Lipinski definition) is 0. The molecule has 2 rings (SSSR count). The molecule has 1 aromatic heterocycles. The van der Waals surface area contributed by atoms with Crippen molar-refractivity contribution < 1.29 is 0 Å². The van der Waals surface area contributed by atoms with E-state index in [1.165, 1.54) is 32.1 Å². The Morgan fingerprint density at radius 1 is 1.43 bits per heavy atom. The molecule has 0 saturated heterocycles. The van der Waals surface area contributed by atoms with Gasteiger partial charge in [-0.15, -0.1) is 11.6 Å². The van der Waals surface area contributed by atoms with Crippen molar-refractivity contribution >= 4 is 11.6 Å². The van der Waals surface area contributed by atoms with Gasteiger partial charge in [0.25, 0.3) is 0 Å². The fourth-order valence-electron chi connectivity index (χ4n) is 2.28. The number of hydrogen-bond acceptors (Lipinski definition) is 1. The van der Waals surface area contributed by atoms with Gasteiger partial charge in [0.05, 0.1) is 17.9 Å². The summed E-state index contributed by atoms with van der Waals surface area (Å²) in [5, 5.41) is 0. The lowest BCUT2D eigenvalue weighted by Crippen LogP contribution is -2.04. The Balaban J connectivity index is 1.84. The van der Waals surface area contributed by atoms with Gasteiger partial charge >= 0.3 is 0 Å². The minimum Gasteiger partial charge on any atom is -0.333 e. The third kappa shape index (κ3) is 2.30. The maximum absolute atomic E-state index is 5.81. The highest BCUT2D eigenvalue weighted by molar-refractivity contribution is 6.16. The molecule has 1 heterocycles. The zero-order valence-electron chi connectivity index (χ0n) is 8.45. The predicted octanol–water partition coefficient (Wildman–Crippen LogP) is 3.20. The standard InChI is InChI=1S/C11H17ClN2/c12-7-11-8-13-9-14(11)6-5-10-3-1-2-4-10/h8-10H,1-7H2. The van der Waals surface area contributed by atoms with Crippen LogP contribution in [0, 0.1) is 5.92 Å². The van der Waals surface area contributed by atoms with Crippen LogP contribution in [0.4, 0.5) is 0 Å². The molecule has 1 saturated carbocycles. The molecule has 1 aliphatic carbocycles. The molecule has 0 bridgehead atoms. The predicted molar refractivity (Wildman–Crippen MR) is 58.4 cm³/mol. The van der Waals surface area contributed by atoms with Crippen molar-refractivity contribution in [3.63, 3.8) is 0 Å². The summed E-state index contributed by atoms with van der Waals surface area (Å²) >= 11 is 5.81. The minimum absolute atomic E-state index is 0.574. The zero-order chi connectivity index (χ0) is 9.80. The lowest BCUT2D eigenvalue weighted by Gasteiger charge is -2.10. The van der Waals surface area contributed by atoms with Crippen LogP contribution in [0.1, 0.15) is 37.8 Å². The van der Waals surface area contributed by atoms with Gasteiger partial charge in [-0.2, -0.15) is 0 Å². The van der Waals surface area contributed by atoms with Crippen LogP contribution in [-0.2, 0) is 12.4 Å². The SMILES string of the molecule is ClCc1cncn1CCC1CCCC1.